The summed E-state index contributed by atoms with van der Waals surface area (Å²) < 4.78 is 3.56. The Bertz CT molecular complexity index is 927. The first-order chi connectivity index (χ1) is 12.5. The average Bonchev–Trinajstić information content (AvgIpc) is 3.19. The van der Waals surface area contributed by atoms with Crippen LogP contribution < -0.4 is 10.6 Å². The van der Waals surface area contributed by atoms with E-state index in [2.05, 4.69) is 25.3 Å². The maximum atomic E-state index is 12.0. The van der Waals surface area contributed by atoms with Crippen molar-refractivity contribution in [3.8, 4) is 0 Å². The van der Waals surface area contributed by atoms with Gasteiger partial charge >= 0.3 is 0 Å². The summed E-state index contributed by atoms with van der Waals surface area (Å²) in [5, 5.41) is 9.53. The molecular weight excluding hydrogens is 332 g/mol. The standard InChI is InChI=1S/C18H22N6O2/c1-13-10-16(23(2)22-13)18(26)20-11-17(25)19-8-5-9-24-12-21-14-6-3-4-7-15(14)24/h3-4,6-7,10,12H,5,8-9,11H2,1-2H3,(H,19,25)(H,20,26). The summed E-state index contributed by atoms with van der Waals surface area (Å²) in [7, 11) is 1.70. The van der Waals surface area contributed by atoms with E-state index in [-0.39, 0.29) is 18.4 Å². The number of para-hydroxylation sites is 2. The van der Waals surface area contributed by atoms with E-state index in [0.717, 1.165) is 29.7 Å². The normalized spacial score (nSPS) is 10.8. The van der Waals surface area contributed by atoms with Crippen molar-refractivity contribution < 1.29 is 9.59 Å². The summed E-state index contributed by atoms with van der Waals surface area (Å²) in [5.41, 5.74) is 3.23. The number of imidazole rings is 1. The minimum Gasteiger partial charge on any atom is -0.355 e. The van der Waals surface area contributed by atoms with Crippen LogP contribution in [0.4, 0.5) is 0 Å². The van der Waals surface area contributed by atoms with Crippen molar-refractivity contribution in [1.29, 1.82) is 0 Å². The molecule has 2 amide bonds. The number of carbonyl (C=O) groups is 2. The van der Waals surface area contributed by atoms with Crippen LogP contribution in [0, 0.1) is 6.92 Å². The Morgan fingerprint density at radius 3 is 2.77 bits per heavy atom. The van der Waals surface area contributed by atoms with Crippen LogP contribution in [0.3, 0.4) is 0 Å². The molecular formula is C18H22N6O2. The van der Waals surface area contributed by atoms with E-state index in [9.17, 15) is 9.59 Å². The zero-order chi connectivity index (χ0) is 18.5. The minimum atomic E-state index is -0.312. The molecule has 3 aromatic rings. The Kier molecular flexibility index (Phi) is 5.31. The fraction of sp³-hybridized carbons (Fsp3) is 0.333. The number of hydrogen-bond donors (Lipinski definition) is 2. The van der Waals surface area contributed by atoms with Crippen molar-refractivity contribution >= 4 is 22.8 Å². The van der Waals surface area contributed by atoms with E-state index in [1.807, 2.05) is 37.5 Å². The molecule has 0 aliphatic rings. The summed E-state index contributed by atoms with van der Waals surface area (Å²) in [6, 6.07) is 9.62. The number of nitrogens with one attached hydrogen (secondary N) is 2. The molecule has 136 valence electrons. The van der Waals surface area contributed by atoms with Crippen LogP contribution in [-0.2, 0) is 18.4 Å². The van der Waals surface area contributed by atoms with E-state index in [4.69, 9.17) is 0 Å². The fourth-order valence-electron chi connectivity index (χ4n) is 2.80. The number of nitrogens with zero attached hydrogens (tertiary/aromatic N) is 4. The van der Waals surface area contributed by atoms with Crippen molar-refractivity contribution in [2.75, 3.05) is 13.1 Å². The molecule has 0 fully saturated rings. The summed E-state index contributed by atoms with van der Waals surface area (Å²) in [6.07, 6.45) is 2.59. The van der Waals surface area contributed by atoms with Crippen LogP contribution in [-0.4, -0.2) is 44.2 Å². The third-order valence-electron chi connectivity index (χ3n) is 4.07. The van der Waals surface area contributed by atoms with Crippen molar-refractivity contribution in [2.45, 2.75) is 19.9 Å². The van der Waals surface area contributed by atoms with Gasteiger partial charge in [0.25, 0.3) is 5.91 Å². The zero-order valence-electron chi connectivity index (χ0n) is 14.9. The minimum absolute atomic E-state index is 0.0585. The van der Waals surface area contributed by atoms with E-state index >= 15 is 0 Å². The number of rotatable bonds is 7. The third kappa shape index (κ3) is 4.08. The van der Waals surface area contributed by atoms with Gasteiger partial charge in [-0.3, -0.25) is 14.3 Å². The first kappa shape index (κ1) is 17.7. The number of benzene rings is 1. The molecule has 0 atom stereocenters. The van der Waals surface area contributed by atoms with Gasteiger partial charge in [0, 0.05) is 20.1 Å². The number of aromatic nitrogens is 4. The summed E-state index contributed by atoms with van der Waals surface area (Å²) in [4.78, 5) is 28.2. The Hall–Kier alpha value is -3.16. The molecule has 8 heteroatoms. The van der Waals surface area contributed by atoms with Crippen LogP contribution in [0.25, 0.3) is 11.0 Å². The molecule has 0 saturated heterocycles. The quantitative estimate of drug-likeness (QED) is 0.619. The summed E-state index contributed by atoms with van der Waals surface area (Å²) >= 11 is 0. The Balaban J connectivity index is 1.39. The van der Waals surface area contributed by atoms with E-state index in [1.54, 1.807) is 13.1 Å². The molecule has 0 radical (unpaired) electrons. The van der Waals surface area contributed by atoms with Gasteiger partial charge < -0.3 is 15.2 Å². The average molecular weight is 354 g/mol. The molecule has 2 heterocycles. The van der Waals surface area contributed by atoms with E-state index < -0.39 is 0 Å². The van der Waals surface area contributed by atoms with Gasteiger partial charge in [0.15, 0.2) is 0 Å². The molecule has 2 N–H and O–H groups in total. The molecule has 8 nitrogen and oxygen atoms in total. The van der Waals surface area contributed by atoms with Gasteiger partial charge in [-0.25, -0.2) is 4.98 Å². The highest BCUT2D eigenvalue weighted by atomic mass is 16.2. The zero-order valence-corrected chi connectivity index (χ0v) is 14.9. The van der Waals surface area contributed by atoms with E-state index in [0.29, 0.717) is 12.2 Å². The van der Waals surface area contributed by atoms with E-state index in [1.165, 1.54) is 4.68 Å². The molecule has 0 spiro atoms. The largest absolute Gasteiger partial charge is 0.355 e. The molecule has 0 unspecified atom stereocenters. The van der Waals surface area contributed by atoms with Gasteiger partial charge in [0.05, 0.1) is 29.6 Å². The topological polar surface area (TPSA) is 93.8 Å². The van der Waals surface area contributed by atoms with Gasteiger partial charge in [-0.1, -0.05) is 12.1 Å². The van der Waals surface area contributed by atoms with Crippen molar-refractivity contribution in [2.24, 2.45) is 7.05 Å². The lowest BCUT2D eigenvalue weighted by molar-refractivity contribution is -0.120. The number of fused-ring (bicyclic) bond motifs is 1. The molecule has 0 aliphatic carbocycles. The lowest BCUT2D eigenvalue weighted by Crippen LogP contribution is -2.38. The predicted molar refractivity (Wildman–Crippen MR) is 97.6 cm³/mol. The first-order valence-electron chi connectivity index (χ1n) is 8.50. The molecule has 3 rings (SSSR count). The van der Waals surface area contributed by atoms with Crippen LogP contribution >= 0.6 is 0 Å². The molecule has 2 aromatic heterocycles. The second-order valence-corrected chi connectivity index (χ2v) is 6.11. The highest BCUT2D eigenvalue weighted by molar-refractivity contribution is 5.95. The van der Waals surface area contributed by atoms with Crippen molar-refractivity contribution in [3.05, 3.63) is 48.0 Å². The second-order valence-electron chi connectivity index (χ2n) is 6.11. The first-order valence-corrected chi connectivity index (χ1v) is 8.50. The lowest BCUT2D eigenvalue weighted by Gasteiger charge is -2.08. The highest BCUT2D eigenvalue weighted by Crippen LogP contribution is 2.11. The summed E-state index contributed by atoms with van der Waals surface area (Å²) in [6.45, 7) is 3.05. The number of amides is 2. The van der Waals surface area contributed by atoms with Crippen LogP contribution in [0.15, 0.2) is 36.7 Å². The predicted octanol–water partition coefficient (Wildman–Crippen LogP) is 1.01. The molecule has 0 saturated carbocycles. The van der Waals surface area contributed by atoms with Crippen LogP contribution in [0.5, 0.6) is 0 Å². The summed E-state index contributed by atoms with van der Waals surface area (Å²) in [5.74, 6) is -0.527. The van der Waals surface area contributed by atoms with Gasteiger partial charge in [0.1, 0.15) is 5.69 Å². The smallest absolute Gasteiger partial charge is 0.269 e. The van der Waals surface area contributed by atoms with Gasteiger partial charge in [-0.2, -0.15) is 5.10 Å². The van der Waals surface area contributed by atoms with Gasteiger partial charge in [0.2, 0.25) is 5.91 Å². The number of carbonyl (C=O) groups excluding carboxylic acids is 2. The monoisotopic (exact) mass is 354 g/mol. The second kappa shape index (κ2) is 7.81. The molecule has 0 bridgehead atoms. The van der Waals surface area contributed by atoms with Gasteiger partial charge in [-0.05, 0) is 31.5 Å². The van der Waals surface area contributed by atoms with Crippen molar-refractivity contribution in [1.82, 2.24) is 30.0 Å². The molecule has 0 aliphatic heterocycles. The maximum absolute atomic E-state index is 12.0. The third-order valence-corrected chi connectivity index (χ3v) is 4.07. The van der Waals surface area contributed by atoms with Crippen LogP contribution in [0.1, 0.15) is 22.6 Å². The fourth-order valence-corrected chi connectivity index (χ4v) is 2.80. The van der Waals surface area contributed by atoms with Gasteiger partial charge in [-0.15, -0.1) is 0 Å². The maximum Gasteiger partial charge on any atom is 0.269 e. The molecule has 1 aromatic carbocycles. The lowest BCUT2D eigenvalue weighted by atomic mass is 10.3. The van der Waals surface area contributed by atoms with Crippen LogP contribution in [0.2, 0.25) is 0 Å². The Morgan fingerprint density at radius 2 is 2.00 bits per heavy atom. The number of aryl methyl sites for hydroxylation is 3. The number of hydrogen-bond acceptors (Lipinski definition) is 4. The Morgan fingerprint density at radius 1 is 1.19 bits per heavy atom. The Labute approximate surface area is 151 Å². The highest BCUT2D eigenvalue weighted by Gasteiger charge is 2.12. The SMILES string of the molecule is Cc1cc(C(=O)NCC(=O)NCCCn2cnc3ccccc32)n(C)n1. The molecule has 26 heavy (non-hydrogen) atoms. The van der Waals surface area contributed by atoms with Crippen molar-refractivity contribution in [3.63, 3.8) is 0 Å².